The van der Waals surface area contributed by atoms with E-state index >= 15 is 0 Å². The molecule has 0 unspecified atom stereocenters. The predicted octanol–water partition coefficient (Wildman–Crippen LogP) is 2.68. The Morgan fingerprint density at radius 3 is 2.41 bits per heavy atom. The van der Waals surface area contributed by atoms with E-state index in [-0.39, 0.29) is 5.41 Å². The highest BCUT2D eigenvalue weighted by Crippen LogP contribution is 2.20. The summed E-state index contributed by atoms with van der Waals surface area (Å²) in [6, 6.07) is 4.12. The fourth-order valence-corrected chi connectivity index (χ4v) is 1.34. The van der Waals surface area contributed by atoms with Crippen molar-refractivity contribution in [3.8, 4) is 11.8 Å². The van der Waals surface area contributed by atoms with Crippen LogP contribution in [0.5, 0.6) is 0 Å². The second-order valence-electron chi connectivity index (χ2n) is 5.54. The zero-order chi connectivity index (χ0) is 12.9. The van der Waals surface area contributed by atoms with Crippen molar-refractivity contribution >= 4 is 0 Å². The van der Waals surface area contributed by atoms with Crippen molar-refractivity contribution in [2.75, 3.05) is 20.6 Å². The molecule has 0 spiro atoms. The van der Waals surface area contributed by atoms with Crippen LogP contribution in [-0.4, -0.2) is 30.5 Å². The lowest BCUT2D eigenvalue weighted by atomic mass is 9.88. The van der Waals surface area contributed by atoms with Gasteiger partial charge < -0.3 is 4.90 Å². The summed E-state index contributed by atoms with van der Waals surface area (Å²) in [4.78, 5) is 6.50. The lowest BCUT2D eigenvalue weighted by molar-refractivity contribution is 0.420. The summed E-state index contributed by atoms with van der Waals surface area (Å²) in [6.45, 7) is 7.55. The minimum atomic E-state index is 0.157. The Hall–Kier alpha value is -1.33. The largest absolute Gasteiger partial charge is 0.308 e. The molecule has 0 saturated heterocycles. The zero-order valence-corrected chi connectivity index (χ0v) is 11.5. The van der Waals surface area contributed by atoms with Gasteiger partial charge in [-0.25, -0.2) is 4.98 Å². The third-order valence-corrected chi connectivity index (χ3v) is 2.53. The summed E-state index contributed by atoms with van der Waals surface area (Å²) >= 11 is 0. The van der Waals surface area contributed by atoms with E-state index in [1.165, 1.54) is 5.56 Å². The molecule has 1 heterocycles. The first-order chi connectivity index (χ1) is 7.89. The molecule has 1 aromatic heterocycles. The van der Waals surface area contributed by atoms with E-state index in [1.807, 2.05) is 12.3 Å². The van der Waals surface area contributed by atoms with E-state index < -0.39 is 0 Å². The monoisotopic (exact) mass is 230 g/mol. The van der Waals surface area contributed by atoms with Crippen LogP contribution in [0, 0.1) is 11.8 Å². The maximum atomic E-state index is 4.37. The zero-order valence-electron chi connectivity index (χ0n) is 11.5. The summed E-state index contributed by atoms with van der Waals surface area (Å²) in [5.41, 5.74) is 2.26. The molecule has 0 radical (unpaired) electrons. The minimum Gasteiger partial charge on any atom is -0.308 e. The minimum absolute atomic E-state index is 0.157. The molecule has 1 aromatic rings. The molecule has 0 bridgehead atoms. The van der Waals surface area contributed by atoms with Crippen molar-refractivity contribution in [2.45, 2.75) is 32.6 Å². The van der Waals surface area contributed by atoms with Crippen LogP contribution in [0.4, 0.5) is 0 Å². The molecular formula is C15H22N2. The summed E-state index contributed by atoms with van der Waals surface area (Å²) in [5.74, 6) is 6.23. The smallest absolute Gasteiger partial charge is 0.113 e. The van der Waals surface area contributed by atoms with Crippen LogP contribution in [-0.2, 0) is 5.41 Å². The highest BCUT2D eigenvalue weighted by atomic mass is 15.0. The predicted molar refractivity (Wildman–Crippen MR) is 73.0 cm³/mol. The Morgan fingerprint density at radius 1 is 1.24 bits per heavy atom. The Morgan fingerprint density at radius 2 is 1.94 bits per heavy atom. The Balaban J connectivity index is 2.63. The Labute approximate surface area is 105 Å². The molecule has 0 fully saturated rings. The highest BCUT2D eigenvalue weighted by molar-refractivity contribution is 5.31. The average molecular weight is 230 g/mol. The SMILES string of the molecule is CN(C)CCC#Cc1ccc(C(C)(C)C)cn1. The third-order valence-electron chi connectivity index (χ3n) is 2.53. The molecule has 0 atom stereocenters. The Kier molecular flexibility index (Phi) is 4.72. The van der Waals surface area contributed by atoms with E-state index in [4.69, 9.17) is 0 Å². The van der Waals surface area contributed by atoms with Gasteiger partial charge >= 0.3 is 0 Å². The molecule has 0 aromatic carbocycles. The Bertz CT molecular complexity index is 399. The van der Waals surface area contributed by atoms with Gasteiger partial charge in [-0.05, 0) is 37.1 Å². The molecule has 1 rings (SSSR count). The van der Waals surface area contributed by atoms with Crippen molar-refractivity contribution in [2.24, 2.45) is 0 Å². The van der Waals surface area contributed by atoms with Crippen molar-refractivity contribution in [1.82, 2.24) is 9.88 Å². The normalized spacial score (nSPS) is 11.2. The molecule has 2 heteroatoms. The van der Waals surface area contributed by atoms with Crippen LogP contribution < -0.4 is 0 Å². The van der Waals surface area contributed by atoms with Crippen molar-refractivity contribution in [1.29, 1.82) is 0 Å². The lowest BCUT2D eigenvalue weighted by Gasteiger charge is -2.17. The quantitative estimate of drug-likeness (QED) is 0.726. The summed E-state index contributed by atoms with van der Waals surface area (Å²) in [6.07, 6.45) is 2.81. The standard InChI is InChI=1S/C15H22N2/c1-15(2,3)13-9-10-14(16-12-13)8-6-7-11-17(4)5/h9-10,12H,7,11H2,1-5H3. The molecule has 92 valence electrons. The van der Waals surface area contributed by atoms with Crippen molar-refractivity contribution in [3.05, 3.63) is 29.6 Å². The number of rotatable bonds is 2. The van der Waals surface area contributed by atoms with Gasteiger partial charge in [0.05, 0.1) is 0 Å². The van der Waals surface area contributed by atoms with E-state index in [9.17, 15) is 0 Å². The molecule has 17 heavy (non-hydrogen) atoms. The lowest BCUT2D eigenvalue weighted by Crippen LogP contribution is -2.12. The number of aromatic nitrogens is 1. The van der Waals surface area contributed by atoms with Crippen molar-refractivity contribution in [3.63, 3.8) is 0 Å². The number of hydrogen-bond acceptors (Lipinski definition) is 2. The maximum Gasteiger partial charge on any atom is 0.113 e. The van der Waals surface area contributed by atoms with E-state index in [0.29, 0.717) is 0 Å². The van der Waals surface area contributed by atoms with E-state index in [1.54, 1.807) is 0 Å². The average Bonchev–Trinajstić information content (AvgIpc) is 2.23. The van der Waals surface area contributed by atoms with Crippen LogP contribution in [0.2, 0.25) is 0 Å². The molecule has 2 nitrogen and oxygen atoms in total. The van der Waals surface area contributed by atoms with Gasteiger partial charge in [0.2, 0.25) is 0 Å². The van der Waals surface area contributed by atoms with Gasteiger partial charge in [-0.2, -0.15) is 0 Å². The second kappa shape index (κ2) is 5.84. The molecule has 0 aliphatic rings. The van der Waals surface area contributed by atoms with Crippen LogP contribution in [0.25, 0.3) is 0 Å². The van der Waals surface area contributed by atoms with Crippen LogP contribution in [0.3, 0.4) is 0 Å². The first kappa shape index (κ1) is 13.7. The molecule has 0 amide bonds. The molecule has 0 N–H and O–H groups in total. The first-order valence-corrected chi connectivity index (χ1v) is 6.00. The molecular weight excluding hydrogens is 208 g/mol. The third kappa shape index (κ3) is 5.01. The van der Waals surface area contributed by atoms with Gasteiger partial charge in [0.15, 0.2) is 0 Å². The van der Waals surface area contributed by atoms with Crippen LogP contribution in [0.1, 0.15) is 38.4 Å². The van der Waals surface area contributed by atoms with Gasteiger partial charge in [-0.15, -0.1) is 0 Å². The van der Waals surface area contributed by atoms with Crippen molar-refractivity contribution < 1.29 is 0 Å². The van der Waals surface area contributed by atoms with Crippen LogP contribution >= 0.6 is 0 Å². The van der Waals surface area contributed by atoms with Gasteiger partial charge in [0.1, 0.15) is 5.69 Å². The fourth-order valence-electron chi connectivity index (χ4n) is 1.34. The van der Waals surface area contributed by atoms with E-state index in [0.717, 1.165) is 18.7 Å². The molecule has 0 saturated carbocycles. The number of hydrogen-bond donors (Lipinski definition) is 0. The van der Waals surface area contributed by atoms with E-state index in [2.05, 4.69) is 62.7 Å². The van der Waals surface area contributed by atoms with Gasteiger partial charge in [0, 0.05) is 19.2 Å². The summed E-state index contributed by atoms with van der Waals surface area (Å²) < 4.78 is 0. The van der Waals surface area contributed by atoms with Gasteiger partial charge in [0.25, 0.3) is 0 Å². The summed E-state index contributed by atoms with van der Waals surface area (Å²) in [7, 11) is 4.11. The highest BCUT2D eigenvalue weighted by Gasteiger charge is 2.13. The second-order valence-corrected chi connectivity index (χ2v) is 5.54. The number of nitrogens with zero attached hydrogens (tertiary/aromatic N) is 2. The summed E-state index contributed by atoms with van der Waals surface area (Å²) in [5, 5.41) is 0. The van der Waals surface area contributed by atoms with Gasteiger partial charge in [-0.1, -0.05) is 32.8 Å². The van der Waals surface area contributed by atoms with Crippen LogP contribution in [0.15, 0.2) is 18.3 Å². The molecule has 0 aliphatic carbocycles. The fraction of sp³-hybridized carbons (Fsp3) is 0.533. The number of pyridine rings is 1. The topological polar surface area (TPSA) is 16.1 Å². The molecule has 0 aliphatic heterocycles. The van der Waals surface area contributed by atoms with Gasteiger partial charge in [-0.3, -0.25) is 0 Å². The maximum absolute atomic E-state index is 4.37. The first-order valence-electron chi connectivity index (χ1n) is 6.00.